The minimum atomic E-state index is -0.127. The van der Waals surface area contributed by atoms with Crippen molar-refractivity contribution in [1.82, 2.24) is 9.80 Å². The monoisotopic (exact) mass is 385 g/mol. The first-order chi connectivity index (χ1) is 13.0. The topological polar surface area (TPSA) is 52.7 Å². The Labute approximate surface area is 165 Å². The smallest absolute Gasteiger partial charge is 0.238 e. The molecule has 0 saturated carbocycles. The van der Waals surface area contributed by atoms with Crippen molar-refractivity contribution in [2.24, 2.45) is 0 Å². The number of amides is 2. The van der Waals surface area contributed by atoms with E-state index in [2.05, 4.69) is 5.32 Å². The third-order valence-electron chi connectivity index (χ3n) is 4.15. The molecule has 0 aliphatic rings. The fraction of sp³-hybridized carbons (Fsp3) is 0.333. The van der Waals surface area contributed by atoms with Crippen LogP contribution in [0.15, 0.2) is 59.5 Å². The Bertz CT molecular complexity index is 752. The van der Waals surface area contributed by atoms with E-state index in [1.54, 1.807) is 28.6 Å². The van der Waals surface area contributed by atoms with Gasteiger partial charge in [0.1, 0.15) is 0 Å². The van der Waals surface area contributed by atoms with Crippen LogP contribution < -0.4 is 5.32 Å². The van der Waals surface area contributed by atoms with Crippen LogP contribution in [-0.2, 0) is 16.1 Å². The molecule has 27 heavy (non-hydrogen) atoms. The summed E-state index contributed by atoms with van der Waals surface area (Å²) in [5, 5.41) is 2.92. The first-order valence-corrected chi connectivity index (χ1v) is 10.2. The van der Waals surface area contributed by atoms with Gasteiger partial charge in [0.05, 0.1) is 18.8 Å². The Kier molecular flexibility index (Phi) is 8.36. The Morgan fingerprint density at radius 1 is 1.00 bits per heavy atom. The Balaban J connectivity index is 1.86. The lowest BCUT2D eigenvalue weighted by Gasteiger charge is -2.24. The number of likely N-dealkylation sites (N-methyl/N-ethyl adjacent to an activating group) is 2. The molecule has 5 nitrogen and oxygen atoms in total. The van der Waals surface area contributed by atoms with Gasteiger partial charge in [-0.2, -0.15) is 0 Å². The standard InChI is InChI=1S/C21H27N3O2S/c1-4-24(14-17-10-6-5-7-11-17)21(26)16-23(2)15-20(25)22-18-12-8-9-13-19(18)27-3/h5-13H,4,14-16H2,1-3H3,(H,22,25). The first-order valence-electron chi connectivity index (χ1n) is 8.96. The van der Waals surface area contributed by atoms with E-state index in [0.717, 1.165) is 16.1 Å². The minimum absolute atomic E-state index is 0.0150. The second-order valence-corrected chi connectivity index (χ2v) is 7.16. The molecule has 0 saturated heterocycles. The maximum atomic E-state index is 12.6. The summed E-state index contributed by atoms with van der Waals surface area (Å²) in [6, 6.07) is 17.6. The fourth-order valence-electron chi connectivity index (χ4n) is 2.75. The lowest BCUT2D eigenvalue weighted by Crippen LogP contribution is -2.41. The molecule has 0 aliphatic heterocycles. The van der Waals surface area contributed by atoms with E-state index in [1.807, 2.05) is 67.8 Å². The van der Waals surface area contributed by atoms with Crippen LogP contribution in [-0.4, -0.2) is 54.6 Å². The van der Waals surface area contributed by atoms with Crippen LogP contribution in [0.5, 0.6) is 0 Å². The molecule has 0 atom stereocenters. The largest absolute Gasteiger partial charge is 0.338 e. The maximum absolute atomic E-state index is 12.6. The molecule has 2 aromatic carbocycles. The molecule has 0 unspecified atom stereocenters. The number of nitrogens with zero attached hydrogens (tertiary/aromatic N) is 2. The number of carbonyl (C=O) groups is 2. The number of hydrogen-bond donors (Lipinski definition) is 1. The minimum Gasteiger partial charge on any atom is -0.338 e. The van der Waals surface area contributed by atoms with E-state index in [9.17, 15) is 9.59 Å². The van der Waals surface area contributed by atoms with Gasteiger partial charge in [-0.15, -0.1) is 11.8 Å². The van der Waals surface area contributed by atoms with E-state index in [4.69, 9.17) is 0 Å². The summed E-state index contributed by atoms with van der Waals surface area (Å²) in [7, 11) is 1.79. The van der Waals surface area contributed by atoms with Gasteiger partial charge in [0.15, 0.2) is 0 Å². The van der Waals surface area contributed by atoms with Crippen molar-refractivity contribution in [3.63, 3.8) is 0 Å². The van der Waals surface area contributed by atoms with Crippen LogP contribution >= 0.6 is 11.8 Å². The van der Waals surface area contributed by atoms with Crippen molar-refractivity contribution < 1.29 is 9.59 Å². The fourth-order valence-corrected chi connectivity index (χ4v) is 3.30. The zero-order valence-electron chi connectivity index (χ0n) is 16.1. The first kappa shape index (κ1) is 21.0. The summed E-state index contributed by atoms with van der Waals surface area (Å²) in [5.74, 6) is -0.112. The predicted molar refractivity (Wildman–Crippen MR) is 112 cm³/mol. The summed E-state index contributed by atoms with van der Waals surface area (Å²) in [6.07, 6.45) is 1.97. The summed E-state index contributed by atoms with van der Waals surface area (Å²) < 4.78 is 0. The average molecular weight is 386 g/mol. The molecule has 0 bridgehead atoms. The van der Waals surface area contributed by atoms with Gasteiger partial charge in [0, 0.05) is 18.0 Å². The molecule has 0 fully saturated rings. The Morgan fingerprint density at radius 3 is 2.33 bits per heavy atom. The van der Waals surface area contributed by atoms with Crippen molar-refractivity contribution in [2.45, 2.75) is 18.4 Å². The number of nitrogens with one attached hydrogen (secondary N) is 1. The normalized spacial score (nSPS) is 10.7. The van der Waals surface area contributed by atoms with Crippen molar-refractivity contribution in [3.05, 3.63) is 60.2 Å². The molecular weight excluding hydrogens is 358 g/mol. The van der Waals surface area contributed by atoms with Crippen LogP contribution in [0.2, 0.25) is 0 Å². The number of hydrogen-bond acceptors (Lipinski definition) is 4. The molecule has 6 heteroatoms. The van der Waals surface area contributed by atoms with Crippen LogP contribution in [0.25, 0.3) is 0 Å². The molecule has 2 rings (SSSR count). The van der Waals surface area contributed by atoms with Crippen LogP contribution in [0, 0.1) is 0 Å². The van der Waals surface area contributed by atoms with Gasteiger partial charge in [-0.1, -0.05) is 42.5 Å². The Morgan fingerprint density at radius 2 is 1.67 bits per heavy atom. The Hall–Kier alpha value is -2.31. The van der Waals surface area contributed by atoms with Gasteiger partial charge in [0.2, 0.25) is 11.8 Å². The van der Waals surface area contributed by atoms with Gasteiger partial charge >= 0.3 is 0 Å². The lowest BCUT2D eigenvalue weighted by atomic mass is 10.2. The number of thioether (sulfide) groups is 1. The molecule has 2 amide bonds. The van der Waals surface area contributed by atoms with Gasteiger partial charge in [-0.25, -0.2) is 0 Å². The maximum Gasteiger partial charge on any atom is 0.238 e. The quantitative estimate of drug-likeness (QED) is 0.673. The molecule has 1 N–H and O–H groups in total. The zero-order chi connectivity index (χ0) is 19.6. The third-order valence-corrected chi connectivity index (χ3v) is 4.95. The predicted octanol–water partition coefficient (Wildman–Crippen LogP) is 3.33. The number of anilines is 1. The number of benzene rings is 2. The van der Waals surface area contributed by atoms with Crippen molar-refractivity contribution in [2.75, 3.05) is 38.3 Å². The molecule has 2 aromatic rings. The summed E-state index contributed by atoms with van der Waals surface area (Å²) >= 11 is 1.59. The summed E-state index contributed by atoms with van der Waals surface area (Å²) in [5.41, 5.74) is 1.90. The van der Waals surface area contributed by atoms with Crippen LogP contribution in [0.4, 0.5) is 5.69 Å². The number of carbonyl (C=O) groups excluding carboxylic acids is 2. The average Bonchev–Trinajstić information content (AvgIpc) is 2.67. The molecule has 0 heterocycles. The van der Waals surface area contributed by atoms with Crippen molar-refractivity contribution >= 4 is 29.3 Å². The SMILES string of the molecule is CCN(Cc1ccccc1)C(=O)CN(C)CC(=O)Nc1ccccc1SC. The highest BCUT2D eigenvalue weighted by molar-refractivity contribution is 7.98. The van der Waals surface area contributed by atoms with E-state index in [0.29, 0.717) is 13.1 Å². The van der Waals surface area contributed by atoms with Crippen LogP contribution in [0.1, 0.15) is 12.5 Å². The van der Waals surface area contributed by atoms with Gasteiger partial charge in [-0.05, 0) is 37.9 Å². The van der Waals surface area contributed by atoms with E-state index in [1.165, 1.54) is 0 Å². The van der Waals surface area contributed by atoms with Crippen LogP contribution in [0.3, 0.4) is 0 Å². The van der Waals surface area contributed by atoms with Gasteiger partial charge in [0.25, 0.3) is 0 Å². The molecule has 0 aromatic heterocycles. The van der Waals surface area contributed by atoms with Gasteiger partial charge < -0.3 is 10.2 Å². The second-order valence-electron chi connectivity index (χ2n) is 6.31. The van der Waals surface area contributed by atoms with E-state index < -0.39 is 0 Å². The molecule has 0 aliphatic carbocycles. The molecular formula is C21H27N3O2S. The highest BCUT2D eigenvalue weighted by Gasteiger charge is 2.16. The molecule has 0 radical (unpaired) electrons. The summed E-state index contributed by atoms with van der Waals surface area (Å²) in [4.78, 5) is 29.5. The van der Waals surface area contributed by atoms with E-state index >= 15 is 0 Å². The highest BCUT2D eigenvalue weighted by Crippen LogP contribution is 2.24. The third kappa shape index (κ3) is 6.73. The molecule has 0 spiro atoms. The van der Waals surface area contributed by atoms with Crippen molar-refractivity contribution in [1.29, 1.82) is 0 Å². The molecule has 144 valence electrons. The zero-order valence-corrected chi connectivity index (χ0v) is 17.0. The highest BCUT2D eigenvalue weighted by atomic mass is 32.2. The number of para-hydroxylation sites is 1. The van der Waals surface area contributed by atoms with E-state index in [-0.39, 0.29) is 24.9 Å². The second kappa shape index (κ2) is 10.7. The van der Waals surface area contributed by atoms with Crippen molar-refractivity contribution in [3.8, 4) is 0 Å². The summed E-state index contributed by atoms with van der Waals surface area (Å²) in [6.45, 7) is 3.55. The number of rotatable bonds is 9. The lowest BCUT2D eigenvalue weighted by molar-refractivity contribution is -0.132. The van der Waals surface area contributed by atoms with Gasteiger partial charge in [-0.3, -0.25) is 14.5 Å².